The molecular weight excluding hydrogens is 462 g/mol. The van der Waals surface area contributed by atoms with Gasteiger partial charge in [0.05, 0.1) is 4.88 Å². The number of Topliss-reactive ketones (excluding diaryl/α,β-unsaturated/α-hetero) is 1. The molecule has 6 nitrogen and oxygen atoms in total. The number of ether oxygens (including phenoxy) is 1. The van der Waals surface area contributed by atoms with Gasteiger partial charge in [0.25, 0.3) is 5.91 Å². The summed E-state index contributed by atoms with van der Waals surface area (Å²) < 4.78 is 6.48. The van der Waals surface area contributed by atoms with Crippen molar-refractivity contribution in [3.63, 3.8) is 0 Å². The topological polar surface area (TPSA) is 83.9 Å². The van der Waals surface area contributed by atoms with Crippen LogP contribution in [-0.4, -0.2) is 39.8 Å². The van der Waals surface area contributed by atoms with Crippen LogP contribution in [0, 0.1) is 0 Å². The smallest absolute Gasteiger partial charge is 0.326 e. The zero-order valence-electron chi connectivity index (χ0n) is 20.1. The van der Waals surface area contributed by atoms with Gasteiger partial charge in [0.2, 0.25) is 0 Å². The van der Waals surface area contributed by atoms with E-state index >= 15 is 0 Å². The van der Waals surface area contributed by atoms with E-state index in [2.05, 4.69) is 0 Å². The molecule has 0 radical (unpaired) electrons. The molecule has 3 aromatic carbocycles. The van der Waals surface area contributed by atoms with Gasteiger partial charge in [0, 0.05) is 16.8 Å². The first-order chi connectivity index (χ1) is 16.5. The van der Waals surface area contributed by atoms with Crippen molar-refractivity contribution in [2.24, 2.45) is 0 Å². The van der Waals surface area contributed by atoms with Crippen LogP contribution in [-0.2, 0) is 16.1 Å². The lowest BCUT2D eigenvalue weighted by Gasteiger charge is -2.26. The number of ketones is 1. The van der Waals surface area contributed by atoms with E-state index in [4.69, 9.17) is 4.74 Å². The zero-order valence-corrected chi connectivity index (χ0v) is 20.9. The molecule has 1 N–H and O–H groups in total. The van der Waals surface area contributed by atoms with Gasteiger partial charge in [0.1, 0.15) is 17.9 Å². The first-order valence-electron chi connectivity index (χ1n) is 11.3. The third kappa shape index (κ3) is 5.69. The highest BCUT2D eigenvalue weighted by atomic mass is 32.1. The molecule has 0 saturated carbocycles. The average molecular weight is 490 g/mol. The van der Waals surface area contributed by atoms with Crippen molar-refractivity contribution >= 4 is 49.9 Å². The van der Waals surface area contributed by atoms with E-state index in [1.807, 2.05) is 30.3 Å². The molecule has 0 spiro atoms. The highest BCUT2D eigenvalue weighted by molar-refractivity contribution is 7.20. The minimum atomic E-state index is -0.679. The lowest BCUT2D eigenvalue weighted by Crippen LogP contribution is -2.38. The lowest BCUT2D eigenvalue weighted by atomic mass is 10.0. The first kappa shape index (κ1) is 24.4. The third-order valence-corrected chi connectivity index (χ3v) is 6.64. The number of hydrogen-bond donors (Lipinski definition) is 1. The van der Waals surface area contributed by atoms with E-state index in [0.717, 1.165) is 21.0 Å². The second kappa shape index (κ2) is 9.50. The molecule has 0 saturated heterocycles. The van der Waals surface area contributed by atoms with Crippen LogP contribution in [0.1, 0.15) is 53.3 Å². The summed E-state index contributed by atoms with van der Waals surface area (Å²) in [6.45, 7) is 6.86. The lowest BCUT2D eigenvalue weighted by molar-refractivity contribution is -0.155. The number of nitrogens with zero attached hydrogens (tertiary/aromatic N) is 1. The Hall–Kier alpha value is -3.71. The van der Waals surface area contributed by atoms with Crippen molar-refractivity contribution in [2.75, 3.05) is 6.54 Å². The molecule has 4 rings (SSSR count). The van der Waals surface area contributed by atoms with E-state index < -0.39 is 11.6 Å². The molecule has 35 heavy (non-hydrogen) atoms. The highest BCUT2D eigenvalue weighted by Crippen LogP contribution is 2.28. The number of rotatable bonds is 6. The molecule has 0 aliphatic carbocycles. The van der Waals surface area contributed by atoms with Gasteiger partial charge in [0.15, 0.2) is 5.78 Å². The fourth-order valence-electron chi connectivity index (χ4n) is 3.94. The number of hydrogen-bond acceptors (Lipinski definition) is 6. The van der Waals surface area contributed by atoms with E-state index in [1.54, 1.807) is 45.0 Å². The molecule has 4 aromatic rings. The fraction of sp³-hybridized carbons (Fsp3) is 0.250. The number of phenolic OH excluding ortho intramolecular Hbond substituents is 1. The molecule has 180 valence electrons. The summed E-state index contributed by atoms with van der Waals surface area (Å²) in [5.74, 6) is -0.695. The number of benzene rings is 3. The van der Waals surface area contributed by atoms with E-state index in [-0.39, 0.29) is 30.5 Å². The number of aromatic hydroxyl groups is 1. The summed E-state index contributed by atoms with van der Waals surface area (Å²) >= 11 is 1.43. The third-order valence-electron chi connectivity index (χ3n) is 5.42. The molecule has 1 amide bonds. The van der Waals surface area contributed by atoms with Crippen molar-refractivity contribution in [2.45, 2.75) is 39.8 Å². The maximum Gasteiger partial charge on any atom is 0.326 e. The van der Waals surface area contributed by atoms with Crippen LogP contribution in [0.4, 0.5) is 0 Å². The van der Waals surface area contributed by atoms with E-state index in [9.17, 15) is 19.5 Å². The first-order valence-corrected chi connectivity index (χ1v) is 12.1. The number of amides is 1. The second-order valence-electron chi connectivity index (χ2n) is 9.50. The molecule has 0 fully saturated rings. The molecule has 1 heterocycles. The van der Waals surface area contributed by atoms with Crippen molar-refractivity contribution < 1.29 is 24.2 Å². The van der Waals surface area contributed by atoms with Crippen LogP contribution in [0.3, 0.4) is 0 Å². The fourth-order valence-corrected chi connectivity index (χ4v) is 4.88. The number of thiophene rings is 1. The van der Waals surface area contributed by atoms with Crippen molar-refractivity contribution in [1.29, 1.82) is 0 Å². The van der Waals surface area contributed by atoms with Crippen LogP contribution in [0.2, 0.25) is 0 Å². The van der Waals surface area contributed by atoms with Crippen molar-refractivity contribution in [1.82, 2.24) is 4.90 Å². The Morgan fingerprint density at radius 1 is 0.971 bits per heavy atom. The zero-order chi connectivity index (χ0) is 25.3. The summed E-state index contributed by atoms with van der Waals surface area (Å²) in [7, 11) is 0. The van der Waals surface area contributed by atoms with Gasteiger partial charge >= 0.3 is 5.97 Å². The monoisotopic (exact) mass is 489 g/mol. The number of carbonyl (C=O) groups excluding carboxylic acids is 3. The molecule has 0 bridgehead atoms. The molecule has 0 aliphatic heterocycles. The van der Waals surface area contributed by atoms with Gasteiger partial charge in [-0.05, 0) is 91.9 Å². The summed E-state index contributed by atoms with van der Waals surface area (Å²) in [5, 5.41) is 12.2. The van der Waals surface area contributed by atoms with Crippen LogP contribution in [0.5, 0.6) is 5.75 Å². The average Bonchev–Trinajstić information content (AvgIpc) is 3.20. The Labute approximate surface area is 207 Å². The number of esters is 1. The molecule has 0 aliphatic rings. The Balaban J connectivity index is 1.70. The van der Waals surface area contributed by atoms with E-state index in [0.29, 0.717) is 15.8 Å². The van der Waals surface area contributed by atoms with Gasteiger partial charge in [-0.3, -0.25) is 14.4 Å². The predicted molar refractivity (Wildman–Crippen MR) is 138 cm³/mol. The SMILES string of the molecule is CC(=O)c1cc2cc(CN(CC(=O)OC(C)(C)C)C(=O)c3cccc4cc(O)ccc34)ccc2s1. The maximum atomic E-state index is 13.7. The molecule has 0 atom stereocenters. The molecule has 7 heteroatoms. The Bertz CT molecular complexity index is 1450. The number of carbonyl (C=O) groups is 3. The summed E-state index contributed by atoms with van der Waals surface area (Å²) in [6.07, 6.45) is 0. The van der Waals surface area contributed by atoms with Crippen LogP contribution in [0.15, 0.2) is 60.7 Å². The number of phenols is 1. The Kier molecular flexibility index (Phi) is 6.63. The molecule has 1 aromatic heterocycles. The second-order valence-corrected chi connectivity index (χ2v) is 10.6. The Morgan fingerprint density at radius 2 is 1.74 bits per heavy atom. The standard InChI is InChI=1S/C28H27NO5S/c1-17(30)25-14-20-12-18(8-11-24(20)35-25)15-29(16-26(32)34-28(2,3)4)27(33)23-7-5-6-19-13-21(31)9-10-22(19)23/h5-14,31H,15-16H2,1-4H3. The molecule has 0 unspecified atom stereocenters. The van der Waals surface area contributed by atoms with Crippen LogP contribution >= 0.6 is 11.3 Å². The quantitative estimate of drug-likeness (QED) is 0.267. The van der Waals surface area contributed by atoms with Gasteiger partial charge < -0.3 is 14.7 Å². The van der Waals surface area contributed by atoms with Gasteiger partial charge in [-0.15, -0.1) is 11.3 Å². The minimum absolute atomic E-state index is 0.0106. The summed E-state index contributed by atoms with van der Waals surface area (Å²) in [5.41, 5.74) is 0.586. The predicted octanol–water partition coefficient (Wildman–Crippen LogP) is 5.95. The van der Waals surface area contributed by atoms with Crippen LogP contribution < -0.4 is 0 Å². The van der Waals surface area contributed by atoms with Gasteiger partial charge in [-0.1, -0.05) is 18.2 Å². The van der Waals surface area contributed by atoms with Crippen molar-refractivity contribution in [3.05, 3.63) is 76.7 Å². The van der Waals surface area contributed by atoms with E-state index in [1.165, 1.54) is 29.2 Å². The van der Waals surface area contributed by atoms with Gasteiger partial charge in [-0.2, -0.15) is 0 Å². The Morgan fingerprint density at radius 3 is 2.46 bits per heavy atom. The van der Waals surface area contributed by atoms with Crippen molar-refractivity contribution in [3.8, 4) is 5.75 Å². The normalized spacial score (nSPS) is 11.5. The minimum Gasteiger partial charge on any atom is -0.508 e. The van der Waals surface area contributed by atoms with Gasteiger partial charge in [-0.25, -0.2) is 0 Å². The number of fused-ring (bicyclic) bond motifs is 2. The maximum absolute atomic E-state index is 13.7. The summed E-state index contributed by atoms with van der Waals surface area (Å²) in [4.78, 5) is 40.4. The summed E-state index contributed by atoms with van der Waals surface area (Å²) in [6, 6.07) is 17.7. The molecular formula is C28H27NO5S. The highest BCUT2D eigenvalue weighted by Gasteiger charge is 2.25. The largest absolute Gasteiger partial charge is 0.508 e. The van der Waals surface area contributed by atoms with Crippen LogP contribution in [0.25, 0.3) is 20.9 Å².